The van der Waals surface area contributed by atoms with Gasteiger partial charge in [0.2, 0.25) is 0 Å². The number of phenols is 1. The lowest BCUT2D eigenvalue weighted by molar-refractivity contribution is 0.112. The van der Waals surface area contributed by atoms with Crippen molar-refractivity contribution in [2.45, 2.75) is 0 Å². The van der Waals surface area contributed by atoms with Crippen molar-refractivity contribution in [3.05, 3.63) is 26.3 Å². The highest BCUT2D eigenvalue weighted by atomic mass is 127. The highest BCUT2D eigenvalue weighted by molar-refractivity contribution is 14.1. The zero-order valence-electron chi connectivity index (χ0n) is 5.34. The molecule has 1 N–H and O–H groups in total. The van der Waals surface area contributed by atoms with E-state index in [1.54, 1.807) is 0 Å². The first-order chi connectivity index (χ1) is 5.15. The van der Waals surface area contributed by atoms with Crippen molar-refractivity contribution < 1.29 is 9.90 Å². The molecule has 0 atom stereocenters. The van der Waals surface area contributed by atoms with Gasteiger partial charge >= 0.3 is 0 Å². The standard InChI is InChI=1S/C7H4ClIO2/c8-5-1-4(3-10)7(9)6(11)2-5/h1-3,11H. The molecule has 58 valence electrons. The summed E-state index contributed by atoms with van der Waals surface area (Å²) in [5.41, 5.74) is 0.413. The molecule has 0 radical (unpaired) electrons. The van der Waals surface area contributed by atoms with Gasteiger partial charge in [-0.2, -0.15) is 0 Å². The van der Waals surface area contributed by atoms with Gasteiger partial charge in [0.05, 0.1) is 3.57 Å². The van der Waals surface area contributed by atoms with Crippen molar-refractivity contribution in [3.8, 4) is 5.75 Å². The molecule has 4 heteroatoms. The topological polar surface area (TPSA) is 37.3 Å². The van der Waals surface area contributed by atoms with E-state index in [2.05, 4.69) is 0 Å². The van der Waals surface area contributed by atoms with Crippen molar-refractivity contribution in [2.24, 2.45) is 0 Å². The second-order valence-electron chi connectivity index (χ2n) is 1.95. The molecule has 0 unspecified atom stereocenters. The van der Waals surface area contributed by atoms with Gasteiger partial charge in [-0.1, -0.05) is 11.6 Å². The van der Waals surface area contributed by atoms with Crippen LogP contribution < -0.4 is 0 Å². The molecule has 0 aliphatic rings. The highest BCUT2D eigenvalue weighted by Gasteiger charge is 2.04. The maximum absolute atomic E-state index is 10.4. The fraction of sp³-hybridized carbons (Fsp3) is 0. The average molecular weight is 282 g/mol. The third kappa shape index (κ3) is 1.84. The van der Waals surface area contributed by atoms with Gasteiger partial charge in [-0.3, -0.25) is 4.79 Å². The fourth-order valence-electron chi connectivity index (χ4n) is 0.681. The van der Waals surface area contributed by atoms with E-state index in [9.17, 15) is 4.79 Å². The van der Waals surface area contributed by atoms with Crippen LogP contribution in [0.5, 0.6) is 5.75 Å². The number of carbonyl (C=O) groups excluding carboxylic acids is 1. The maximum atomic E-state index is 10.4. The zero-order valence-corrected chi connectivity index (χ0v) is 8.26. The van der Waals surface area contributed by atoms with Crippen molar-refractivity contribution in [2.75, 3.05) is 0 Å². The summed E-state index contributed by atoms with van der Waals surface area (Å²) in [6.45, 7) is 0. The summed E-state index contributed by atoms with van der Waals surface area (Å²) in [6.07, 6.45) is 0.660. The average Bonchev–Trinajstić information content (AvgIpc) is 1.96. The van der Waals surface area contributed by atoms with Crippen LogP contribution in [0.25, 0.3) is 0 Å². The molecule has 0 aliphatic heterocycles. The molecule has 0 heterocycles. The Morgan fingerprint density at radius 1 is 1.55 bits per heavy atom. The normalized spacial score (nSPS) is 9.64. The van der Waals surface area contributed by atoms with Gasteiger partial charge in [0, 0.05) is 10.6 Å². The van der Waals surface area contributed by atoms with Crippen LogP contribution in [0.1, 0.15) is 10.4 Å². The second kappa shape index (κ2) is 3.40. The van der Waals surface area contributed by atoms with Gasteiger partial charge < -0.3 is 5.11 Å². The lowest BCUT2D eigenvalue weighted by atomic mass is 10.2. The summed E-state index contributed by atoms with van der Waals surface area (Å²) in [7, 11) is 0. The number of aldehydes is 1. The van der Waals surface area contributed by atoms with E-state index in [1.807, 2.05) is 22.6 Å². The Balaban J connectivity index is 3.35. The van der Waals surface area contributed by atoms with Crippen molar-refractivity contribution in [1.82, 2.24) is 0 Å². The number of carbonyl (C=O) groups is 1. The van der Waals surface area contributed by atoms with Crippen LogP contribution in [0.3, 0.4) is 0 Å². The molecule has 0 spiro atoms. The molecule has 0 saturated heterocycles. The summed E-state index contributed by atoms with van der Waals surface area (Å²) < 4.78 is 0.530. The molecule has 0 fully saturated rings. The van der Waals surface area contributed by atoms with Gasteiger partial charge in [0.15, 0.2) is 6.29 Å². The van der Waals surface area contributed by atoms with Crippen molar-refractivity contribution in [1.29, 1.82) is 0 Å². The van der Waals surface area contributed by atoms with E-state index in [0.717, 1.165) is 0 Å². The third-order valence-corrected chi connectivity index (χ3v) is 2.57. The maximum Gasteiger partial charge on any atom is 0.151 e. The molecule has 1 rings (SSSR count). The second-order valence-corrected chi connectivity index (χ2v) is 3.46. The number of aromatic hydroxyl groups is 1. The minimum absolute atomic E-state index is 0.0419. The lowest BCUT2D eigenvalue weighted by Crippen LogP contribution is -1.85. The number of benzene rings is 1. The van der Waals surface area contributed by atoms with Crippen molar-refractivity contribution >= 4 is 40.5 Å². The van der Waals surface area contributed by atoms with Crippen molar-refractivity contribution in [3.63, 3.8) is 0 Å². The molecule has 11 heavy (non-hydrogen) atoms. The summed E-state index contributed by atoms with van der Waals surface area (Å²) in [6, 6.07) is 2.91. The van der Waals surface area contributed by atoms with Gasteiger partial charge in [0.25, 0.3) is 0 Å². The number of hydrogen-bond donors (Lipinski definition) is 1. The summed E-state index contributed by atoms with van der Waals surface area (Å²) >= 11 is 7.46. The summed E-state index contributed by atoms with van der Waals surface area (Å²) in [5, 5.41) is 9.53. The van der Waals surface area contributed by atoms with E-state index in [0.29, 0.717) is 20.4 Å². The largest absolute Gasteiger partial charge is 0.507 e. The monoisotopic (exact) mass is 282 g/mol. The summed E-state index contributed by atoms with van der Waals surface area (Å²) in [5.74, 6) is 0.0419. The molecule has 0 bridgehead atoms. The molecule has 1 aromatic rings. The minimum atomic E-state index is 0.0419. The number of phenolic OH excluding ortho intramolecular Hbond substituents is 1. The summed E-state index contributed by atoms with van der Waals surface area (Å²) in [4.78, 5) is 10.4. The van der Waals surface area contributed by atoms with Gasteiger partial charge in [-0.05, 0) is 34.7 Å². The highest BCUT2D eigenvalue weighted by Crippen LogP contribution is 2.26. The first-order valence-electron chi connectivity index (χ1n) is 2.78. The predicted octanol–water partition coefficient (Wildman–Crippen LogP) is 2.46. The van der Waals surface area contributed by atoms with Crippen LogP contribution in [0.2, 0.25) is 5.02 Å². The van der Waals surface area contributed by atoms with E-state index in [1.165, 1.54) is 12.1 Å². The van der Waals surface area contributed by atoms with Crippen LogP contribution in [0.15, 0.2) is 12.1 Å². The minimum Gasteiger partial charge on any atom is -0.507 e. The lowest BCUT2D eigenvalue weighted by Gasteiger charge is -1.99. The van der Waals surface area contributed by atoms with Gasteiger partial charge in [-0.15, -0.1) is 0 Å². The molecule has 0 saturated carbocycles. The SMILES string of the molecule is O=Cc1cc(Cl)cc(O)c1I. The Labute approximate surface area is 82.3 Å². The Morgan fingerprint density at radius 3 is 2.73 bits per heavy atom. The molecular weight excluding hydrogens is 278 g/mol. The number of halogens is 2. The van der Waals surface area contributed by atoms with E-state index >= 15 is 0 Å². The molecule has 0 amide bonds. The quantitative estimate of drug-likeness (QED) is 0.634. The zero-order chi connectivity index (χ0) is 8.43. The first kappa shape index (κ1) is 8.80. The molecule has 2 nitrogen and oxygen atoms in total. The molecule has 1 aromatic carbocycles. The van der Waals surface area contributed by atoms with Crippen LogP contribution in [-0.4, -0.2) is 11.4 Å². The Morgan fingerprint density at radius 2 is 2.18 bits per heavy atom. The molecule has 0 aromatic heterocycles. The van der Waals surface area contributed by atoms with E-state index in [-0.39, 0.29) is 5.75 Å². The van der Waals surface area contributed by atoms with Crippen LogP contribution >= 0.6 is 34.2 Å². The third-order valence-electron chi connectivity index (χ3n) is 1.17. The molecular formula is C7H4ClIO2. The first-order valence-corrected chi connectivity index (χ1v) is 4.24. The van der Waals surface area contributed by atoms with Gasteiger partial charge in [-0.25, -0.2) is 0 Å². The Kier molecular flexibility index (Phi) is 2.72. The molecule has 0 aliphatic carbocycles. The number of rotatable bonds is 1. The number of hydrogen-bond acceptors (Lipinski definition) is 2. The smallest absolute Gasteiger partial charge is 0.151 e. The van der Waals surface area contributed by atoms with Crippen LogP contribution in [-0.2, 0) is 0 Å². The van der Waals surface area contributed by atoms with E-state index in [4.69, 9.17) is 16.7 Å². The Bertz CT molecular complexity index is 299. The van der Waals surface area contributed by atoms with Gasteiger partial charge in [0.1, 0.15) is 5.75 Å². The van der Waals surface area contributed by atoms with Crippen LogP contribution in [0, 0.1) is 3.57 Å². The van der Waals surface area contributed by atoms with Crippen LogP contribution in [0.4, 0.5) is 0 Å². The Hall–Kier alpha value is -0.290. The predicted molar refractivity (Wildman–Crippen MR) is 51.2 cm³/mol. The van der Waals surface area contributed by atoms with E-state index < -0.39 is 0 Å². The fourth-order valence-corrected chi connectivity index (χ4v) is 1.34.